The standard InChI is InChI=1S/C27H31N3O3S/c1-21(2)14-17-34(32,33)29-15-12-25(13-16-29)30(20-22-8-4-3-5-9-22)27(31)26-18-23-10-6-7-11-24(23)19-28-26/h3-11,18-19,25H,1,12-17,20H2,2H3. The summed E-state index contributed by atoms with van der Waals surface area (Å²) in [4.78, 5) is 20.0. The molecule has 2 heterocycles. The van der Waals surface area contributed by atoms with E-state index in [1.54, 1.807) is 10.5 Å². The van der Waals surface area contributed by atoms with Crippen LogP contribution >= 0.6 is 0 Å². The Morgan fingerprint density at radius 2 is 1.71 bits per heavy atom. The number of pyridine rings is 1. The molecule has 34 heavy (non-hydrogen) atoms. The lowest BCUT2D eigenvalue weighted by atomic mass is 10.0. The van der Waals surface area contributed by atoms with Crippen LogP contribution in [0.2, 0.25) is 0 Å². The highest BCUT2D eigenvalue weighted by Gasteiger charge is 2.33. The summed E-state index contributed by atoms with van der Waals surface area (Å²) in [5, 5.41) is 1.96. The minimum Gasteiger partial charge on any atom is -0.330 e. The zero-order chi connectivity index (χ0) is 24.1. The van der Waals surface area contributed by atoms with E-state index in [9.17, 15) is 13.2 Å². The molecular weight excluding hydrogens is 446 g/mol. The average Bonchev–Trinajstić information content (AvgIpc) is 2.86. The maximum Gasteiger partial charge on any atom is 0.273 e. The van der Waals surface area contributed by atoms with Crippen molar-refractivity contribution in [3.05, 3.63) is 90.3 Å². The molecule has 1 saturated heterocycles. The zero-order valence-corrected chi connectivity index (χ0v) is 20.4. The molecule has 7 heteroatoms. The zero-order valence-electron chi connectivity index (χ0n) is 19.6. The molecule has 0 unspecified atom stereocenters. The summed E-state index contributed by atoms with van der Waals surface area (Å²) in [6, 6.07) is 19.5. The first-order valence-corrected chi connectivity index (χ1v) is 13.3. The fourth-order valence-electron chi connectivity index (χ4n) is 4.36. The van der Waals surface area contributed by atoms with Gasteiger partial charge in [-0.15, -0.1) is 6.58 Å². The van der Waals surface area contributed by atoms with Gasteiger partial charge in [-0.3, -0.25) is 9.78 Å². The van der Waals surface area contributed by atoms with E-state index >= 15 is 0 Å². The second-order valence-electron chi connectivity index (χ2n) is 8.99. The van der Waals surface area contributed by atoms with Crippen LogP contribution in [0.4, 0.5) is 0 Å². The van der Waals surface area contributed by atoms with E-state index in [2.05, 4.69) is 11.6 Å². The van der Waals surface area contributed by atoms with Crippen molar-refractivity contribution in [3.63, 3.8) is 0 Å². The van der Waals surface area contributed by atoms with Gasteiger partial charge in [0.1, 0.15) is 5.69 Å². The van der Waals surface area contributed by atoms with Crippen molar-refractivity contribution in [2.45, 2.75) is 38.8 Å². The first-order chi connectivity index (χ1) is 16.3. The molecule has 0 atom stereocenters. The molecule has 1 fully saturated rings. The lowest BCUT2D eigenvalue weighted by molar-refractivity contribution is 0.0591. The SMILES string of the molecule is C=C(C)CCS(=O)(=O)N1CCC(N(Cc2ccccc2)C(=O)c2cc3ccccc3cn2)CC1. The van der Waals surface area contributed by atoms with Gasteiger partial charge in [0.25, 0.3) is 5.91 Å². The van der Waals surface area contributed by atoms with Crippen molar-refractivity contribution in [2.24, 2.45) is 0 Å². The number of fused-ring (bicyclic) bond motifs is 1. The van der Waals surface area contributed by atoms with Gasteiger partial charge in [0.05, 0.1) is 5.75 Å². The summed E-state index contributed by atoms with van der Waals surface area (Å²) in [6.45, 7) is 6.93. The molecular formula is C27H31N3O3S. The number of carbonyl (C=O) groups excluding carboxylic acids is 1. The molecule has 1 amide bonds. The van der Waals surface area contributed by atoms with Crippen LogP contribution in [0.3, 0.4) is 0 Å². The molecule has 4 rings (SSSR count). The van der Waals surface area contributed by atoms with Crippen LogP contribution in [0, 0.1) is 0 Å². The fourth-order valence-corrected chi connectivity index (χ4v) is 5.99. The summed E-state index contributed by atoms with van der Waals surface area (Å²) in [7, 11) is -3.33. The number of amides is 1. The van der Waals surface area contributed by atoms with Gasteiger partial charge in [-0.1, -0.05) is 60.2 Å². The van der Waals surface area contributed by atoms with Crippen LogP contribution in [0.1, 0.15) is 42.2 Å². The summed E-state index contributed by atoms with van der Waals surface area (Å²) in [5.74, 6) is -0.0427. The monoisotopic (exact) mass is 477 g/mol. The number of hydrogen-bond acceptors (Lipinski definition) is 4. The Labute approximate surface area is 202 Å². The van der Waals surface area contributed by atoms with Gasteiger partial charge < -0.3 is 4.90 Å². The minimum atomic E-state index is -3.33. The van der Waals surface area contributed by atoms with Crippen molar-refractivity contribution in [1.82, 2.24) is 14.2 Å². The topological polar surface area (TPSA) is 70.6 Å². The fraction of sp³-hybridized carbons (Fsp3) is 0.333. The molecule has 0 saturated carbocycles. The summed E-state index contributed by atoms with van der Waals surface area (Å²) in [6.07, 6.45) is 3.39. The Bertz CT molecular complexity index is 1270. The Hall–Kier alpha value is -3.03. The molecule has 0 aliphatic carbocycles. The first-order valence-electron chi connectivity index (χ1n) is 11.7. The third-order valence-corrected chi connectivity index (χ3v) is 8.22. The van der Waals surface area contributed by atoms with E-state index in [0.29, 0.717) is 44.6 Å². The lowest BCUT2D eigenvalue weighted by Crippen LogP contribution is -2.49. The molecule has 178 valence electrons. The lowest BCUT2D eigenvalue weighted by Gasteiger charge is -2.38. The van der Waals surface area contributed by atoms with Gasteiger partial charge >= 0.3 is 0 Å². The Morgan fingerprint density at radius 1 is 1.06 bits per heavy atom. The minimum absolute atomic E-state index is 0.0615. The number of piperidine rings is 1. The van der Waals surface area contributed by atoms with E-state index in [1.165, 1.54) is 0 Å². The molecule has 2 aromatic carbocycles. The van der Waals surface area contributed by atoms with E-state index in [-0.39, 0.29) is 17.7 Å². The Kier molecular flexibility index (Phi) is 7.44. The third-order valence-electron chi connectivity index (χ3n) is 6.35. The van der Waals surface area contributed by atoms with E-state index in [1.807, 2.05) is 72.5 Å². The quantitative estimate of drug-likeness (QED) is 0.443. The molecule has 0 bridgehead atoms. The summed E-state index contributed by atoms with van der Waals surface area (Å²) < 4.78 is 27.0. The number of allylic oxidation sites excluding steroid dienone is 1. The van der Waals surface area contributed by atoms with Crippen LogP contribution in [-0.2, 0) is 16.6 Å². The average molecular weight is 478 g/mol. The molecule has 1 aliphatic heterocycles. The smallest absolute Gasteiger partial charge is 0.273 e. The largest absolute Gasteiger partial charge is 0.330 e. The van der Waals surface area contributed by atoms with E-state index < -0.39 is 10.0 Å². The van der Waals surface area contributed by atoms with E-state index in [4.69, 9.17) is 0 Å². The van der Waals surface area contributed by atoms with Crippen molar-refractivity contribution in [2.75, 3.05) is 18.8 Å². The molecule has 1 aromatic heterocycles. The summed E-state index contributed by atoms with van der Waals surface area (Å²) in [5.41, 5.74) is 2.31. The number of rotatable bonds is 8. The predicted octanol–water partition coefficient (Wildman–Crippen LogP) is 4.64. The van der Waals surface area contributed by atoms with Gasteiger partial charge in [0, 0.05) is 37.3 Å². The highest BCUT2D eigenvalue weighted by Crippen LogP contribution is 2.24. The van der Waals surface area contributed by atoms with Gasteiger partial charge in [-0.25, -0.2) is 12.7 Å². The highest BCUT2D eigenvalue weighted by molar-refractivity contribution is 7.89. The van der Waals surface area contributed by atoms with Crippen LogP contribution in [-0.4, -0.2) is 53.4 Å². The van der Waals surface area contributed by atoms with E-state index in [0.717, 1.165) is 21.9 Å². The number of hydrogen-bond donors (Lipinski definition) is 0. The molecule has 3 aromatic rings. The van der Waals surface area contributed by atoms with Crippen LogP contribution in [0.25, 0.3) is 10.8 Å². The number of nitrogens with zero attached hydrogens (tertiary/aromatic N) is 3. The van der Waals surface area contributed by atoms with Crippen molar-refractivity contribution >= 4 is 26.7 Å². The number of sulfonamides is 1. The molecule has 0 N–H and O–H groups in total. The van der Waals surface area contributed by atoms with Crippen molar-refractivity contribution in [3.8, 4) is 0 Å². The van der Waals surface area contributed by atoms with Gasteiger partial charge in [-0.05, 0) is 43.2 Å². The van der Waals surface area contributed by atoms with Crippen LogP contribution in [0.5, 0.6) is 0 Å². The predicted molar refractivity (Wildman–Crippen MR) is 136 cm³/mol. The third kappa shape index (κ3) is 5.72. The Morgan fingerprint density at radius 3 is 2.38 bits per heavy atom. The number of carbonyl (C=O) groups is 1. The molecule has 1 aliphatic rings. The first kappa shape index (κ1) is 24.1. The maximum absolute atomic E-state index is 13.7. The maximum atomic E-state index is 13.7. The second kappa shape index (κ2) is 10.5. The molecule has 0 spiro atoms. The Balaban J connectivity index is 1.54. The van der Waals surface area contributed by atoms with Gasteiger partial charge in [0.2, 0.25) is 10.0 Å². The number of aromatic nitrogens is 1. The van der Waals surface area contributed by atoms with Crippen LogP contribution in [0.15, 0.2) is 79.0 Å². The second-order valence-corrected chi connectivity index (χ2v) is 11.1. The van der Waals surface area contributed by atoms with Crippen molar-refractivity contribution < 1.29 is 13.2 Å². The van der Waals surface area contributed by atoms with Gasteiger partial charge in [-0.2, -0.15) is 0 Å². The highest BCUT2D eigenvalue weighted by atomic mass is 32.2. The van der Waals surface area contributed by atoms with Crippen molar-refractivity contribution in [1.29, 1.82) is 0 Å². The molecule has 6 nitrogen and oxygen atoms in total. The number of benzene rings is 2. The molecule has 0 radical (unpaired) electrons. The van der Waals surface area contributed by atoms with Gasteiger partial charge in [0.15, 0.2) is 0 Å². The normalized spacial score (nSPS) is 15.3. The summed E-state index contributed by atoms with van der Waals surface area (Å²) >= 11 is 0. The van der Waals surface area contributed by atoms with Crippen LogP contribution < -0.4 is 0 Å².